The van der Waals surface area contributed by atoms with Crippen LogP contribution < -0.4 is 5.32 Å². The van der Waals surface area contributed by atoms with Crippen LogP contribution in [0.5, 0.6) is 0 Å². The molecule has 3 heteroatoms. The first-order chi connectivity index (χ1) is 8.48. The lowest BCUT2D eigenvalue weighted by atomic mass is 9.48. The van der Waals surface area contributed by atoms with Crippen molar-refractivity contribution >= 4 is 5.97 Å². The van der Waals surface area contributed by atoms with Crippen molar-refractivity contribution in [2.45, 2.75) is 64.5 Å². The summed E-state index contributed by atoms with van der Waals surface area (Å²) in [7, 11) is 0. The Balaban J connectivity index is 1.72. The Bertz CT molecular complexity index is 317. The zero-order chi connectivity index (χ0) is 12.9. The fourth-order valence-electron chi connectivity index (χ4n) is 5.33. The van der Waals surface area contributed by atoms with E-state index in [4.69, 9.17) is 5.11 Å². The second kappa shape index (κ2) is 4.22. The lowest BCUT2D eigenvalue weighted by molar-refractivity contribution is -0.140. The highest BCUT2D eigenvalue weighted by atomic mass is 16.4. The molecule has 4 bridgehead atoms. The first-order valence-corrected chi connectivity index (χ1v) is 7.47. The standard InChI is InChI=1S/C15H25NO2/c1-9(14(17)18)16-10(2)15-6-11-3-12(7-15)5-13(4-11)8-15/h9-13,16H,3-8H2,1-2H3,(H,17,18)/t9-,10?,11?,12?,13?,15?/m0/s1. The van der Waals surface area contributed by atoms with Gasteiger partial charge in [-0.1, -0.05) is 0 Å². The molecule has 4 aliphatic rings. The van der Waals surface area contributed by atoms with Gasteiger partial charge in [0.25, 0.3) is 0 Å². The average molecular weight is 251 g/mol. The Morgan fingerprint density at radius 1 is 1.11 bits per heavy atom. The van der Waals surface area contributed by atoms with Crippen molar-refractivity contribution in [2.24, 2.45) is 23.2 Å². The van der Waals surface area contributed by atoms with Gasteiger partial charge < -0.3 is 10.4 Å². The molecule has 102 valence electrons. The van der Waals surface area contributed by atoms with Crippen molar-refractivity contribution in [3.8, 4) is 0 Å². The third-order valence-electron chi connectivity index (χ3n) is 5.87. The molecule has 0 aromatic heterocycles. The van der Waals surface area contributed by atoms with Crippen molar-refractivity contribution in [3.63, 3.8) is 0 Å². The molecule has 4 saturated carbocycles. The number of rotatable bonds is 4. The predicted octanol–water partition coefficient (Wildman–Crippen LogP) is 2.65. The van der Waals surface area contributed by atoms with E-state index in [0.717, 1.165) is 17.8 Å². The second-order valence-corrected chi connectivity index (χ2v) is 7.23. The molecule has 0 saturated heterocycles. The van der Waals surface area contributed by atoms with E-state index >= 15 is 0 Å². The van der Waals surface area contributed by atoms with Gasteiger partial charge in [0.05, 0.1) is 0 Å². The summed E-state index contributed by atoms with van der Waals surface area (Å²) in [4.78, 5) is 11.0. The molecule has 4 fully saturated rings. The predicted molar refractivity (Wildman–Crippen MR) is 70.3 cm³/mol. The van der Waals surface area contributed by atoms with Crippen LogP contribution >= 0.6 is 0 Å². The lowest BCUT2D eigenvalue weighted by Gasteiger charge is -2.59. The largest absolute Gasteiger partial charge is 0.480 e. The maximum Gasteiger partial charge on any atom is 0.320 e. The van der Waals surface area contributed by atoms with Crippen LogP contribution in [0, 0.1) is 23.2 Å². The zero-order valence-corrected chi connectivity index (χ0v) is 11.5. The summed E-state index contributed by atoms with van der Waals surface area (Å²) in [6.45, 7) is 3.98. The molecule has 3 nitrogen and oxygen atoms in total. The zero-order valence-electron chi connectivity index (χ0n) is 11.5. The van der Waals surface area contributed by atoms with Crippen molar-refractivity contribution in [1.82, 2.24) is 5.32 Å². The number of carbonyl (C=O) groups is 1. The van der Waals surface area contributed by atoms with Crippen LogP contribution in [0.3, 0.4) is 0 Å². The van der Waals surface area contributed by atoms with E-state index in [-0.39, 0.29) is 0 Å². The van der Waals surface area contributed by atoms with E-state index in [9.17, 15) is 4.79 Å². The molecule has 2 N–H and O–H groups in total. The molecule has 0 aromatic rings. The molecule has 0 aliphatic heterocycles. The monoisotopic (exact) mass is 251 g/mol. The Hall–Kier alpha value is -0.570. The van der Waals surface area contributed by atoms with Gasteiger partial charge in [0.15, 0.2) is 0 Å². The number of carboxylic acids is 1. The van der Waals surface area contributed by atoms with Crippen LogP contribution in [0.15, 0.2) is 0 Å². The molecule has 4 aliphatic carbocycles. The molecule has 0 spiro atoms. The molecule has 4 rings (SSSR count). The van der Waals surface area contributed by atoms with E-state index in [1.807, 2.05) is 0 Å². The number of aliphatic carboxylic acids is 1. The highest BCUT2D eigenvalue weighted by Crippen LogP contribution is 2.61. The number of hydrogen-bond donors (Lipinski definition) is 2. The molecule has 0 heterocycles. The molecular weight excluding hydrogens is 226 g/mol. The lowest BCUT2D eigenvalue weighted by Crippen LogP contribution is -2.57. The van der Waals surface area contributed by atoms with Gasteiger partial charge in [-0.2, -0.15) is 0 Å². The molecule has 0 radical (unpaired) electrons. The van der Waals surface area contributed by atoms with E-state index in [2.05, 4.69) is 12.2 Å². The minimum absolute atomic E-state index is 0.344. The second-order valence-electron chi connectivity index (χ2n) is 7.23. The summed E-state index contributed by atoms with van der Waals surface area (Å²) >= 11 is 0. The molecule has 1 unspecified atom stereocenters. The number of hydrogen-bond acceptors (Lipinski definition) is 2. The third kappa shape index (κ3) is 1.97. The SMILES string of the molecule is CC(N[C@@H](C)C(=O)O)C12CC3CC(CC(C3)C1)C2. The molecule has 0 amide bonds. The van der Waals surface area contributed by atoms with Crippen LogP contribution in [0.2, 0.25) is 0 Å². The van der Waals surface area contributed by atoms with Crippen LogP contribution in [-0.4, -0.2) is 23.2 Å². The highest BCUT2D eigenvalue weighted by molar-refractivity contribution is 5.72. The van der Waals surface area contributed by atoms with Crippen LogP contribution in [0.1, 0.15) is 52.4 Å². The van der Waals surface area contributed by atoms with Gasteiger partial charge in [-0.15, -0.1) is 0 Å². The van der Waals surface area contributed by atoms with E-state index in [1.54, 1.807) is 6.92 Å². The fourth-order valence-corrected chi connectivity index (χ4v) is 5.33. The van der Waals surface area contributed by atoms with Crippen LogP contribution in [-0.2, 0) is 4.79 Å². The summed E-state index contributed by atoms with van der Waals surface area (Å²) < 4.78 is 0. The first kappa shape index (κ1) is 12.5. The Morgan fingerprint density at radius 2 is 1.56 bits per heavy atom. The maximum absolute atomic E-state index is 11.0. The first-order valence-electron chi connectivity index (χ1n) is 7.47. The molecule has 2 atom stereocenters. The van der Waals surface area contributed by atoms with Crippen LogP contribution in [0.4, 0.5) is 0 Å². The summed E-state index contributed by atoms with van der Waals surface area (Å²) in [5.41, 5.74) is 0.401. The van der Waals surface area contributed by atoms with Gasteiger partial charge in [0.2, 0.25) is 0 Å². The van der Waals surface area contributed by atoms with Gasteiger partial charge in [-0.25, -0.2) is 0 Å². The number of nitrogens with one attached hydrogen (secondary N) is 1. The third-order valence-corrected chi connectivity index (χ3v) is 5.87. The fraction of sp³-hybridized carbons (Fsp3) is 0.933. The van der Waals surface area contributed by atoms with E-state index in [0.29, 0.717) is 11.5 Å². The van der Waals surface area contributed by atoms with Gasteiger partial charge in [0.1, 0.15) is 6.04 Å². The van der Waals surface area contributed by atoms with Gasteiger partial charge >= 0.3 is 5.97 Å². The smallest absolute Gasteiger partial charge is 0.320 e. The Labute approximate surface area is 109 Å². The number of carboxylic acid groups (broad SMARTS) is 1. The van der Waals surface area contributed by atoms with Gasteiger partial charge in [-0.3, -0.25) is 4.79 Å². The van der Waals surface area contributed by atoms with Crippen molar-refractivity contribution in [1.29, 1.82) is 0 Å². The quantitative estimate of drug-likeness (QED) is 0.807. The Morgan fingerprint density at radius 3 is 1.94 bits per heavy atom. The average Bonchev–Trinajstić information content (AvgIpc) is 2.26. The van der Waals surface area contributed by atoms with Crippen molar-refractivity contribution in [3.05, 3.63) is 0 Å². The van der Waals surface area contributed by atoms with Crippen molar-refractivity contribution in [2.75, 3.05) is 0 Å². The molecular formula is C15H25NO2. The maximum atomic E-state index is 11.0. The minimum atomic E-state index is -0.730. The summed E-state index contributed by atoms with van der Waals surface area (Å²) in [5, 5.41) is 12.4. The molecule has 0 aromatic carbocycles. The topological polar surface area (TPSA) is 49.3 Å². The van der Waals surface area contributed by atoms with Gasteiger partial charge in [-0.05, 0) is 75.5 Å². The van der Waals surface area contributed by atoms with E-state index in [1.165, 1.54) is 38.5 Å². The minimum Gasteiger partial charge on any atom is -0.480 e. The van der Waals surface area contributed by atoms with E-state index < -0.39 is 12.0 Å². The summed E-state index contributed by atoms with van der Waals surface area (Å²) in [6, 6.07) is -0.0787. The van der Waals surface area contributed by atoms with Crippen molar-refractivity contribution < 1.29 is 9.90 Å². The van der Waals surface area contributed by atoms with Gasteiger partial charge in [0, 0.05) is 6.04 Å². The normalized spacial score (nSPS) is 44.9. The highest BCUT2D eigenvalue weighted by Gasteiger charge is 2.53. The summed E-state index contributed by atoms with van der Waals surface area (Å²) in [6.07, 6.45) is 8.33. The molecule has 18 heavy (non-hydrogen) atoms. The summed E-state index contributed by atoms with van der Waals surface area (Å²) in [5.74, 6) is 2.06. The van der Waals surface area contributed by atoms with Crippen LogP contribution in [0.25, 0.3) is 0 Å². The Kier molecular flexibility index (Phi) is 2.92.